The van der Waals surface area contributed by atoms with Crippen molar-refractivity contribution in [2.45, 2.75) is 39.7 Å². The summed E-state index contributed by atoms with van der Waals surface area (Å²) >= 11 is 0. The standard InChI is InChI=1S/C26H28N4O3/c1-5-33-21-9-7-6-8-18(21)23-22-19(14-26(2,3)15-20(22)31)27-25-28-24(29-30(23)25)16-10-12-17(32-4)13-11-16/h6-13,23H,5,14-15H2,1-4H3,(H,27,28,29). The smallest absolute Gasteiger partial charge is 0.226 e. The third-order valence-corrected chi connectivity index (χ3v) is 6.19. The quantitative estimate of drug-likeness (QED) is 0.596. The minimum Gasteiger partial charge on any atom is -0.497 e. The molecule has 7 heteroatoms. The Hall–Kier alpha value is -3.61. The predicted molar refractivity (Wildman–Crippen MR) is 126 cm³/mol. The lowest BCUT2D eigenvalue weighted by molar-refractivity contribution is -0.118. The molecule has 0 bridgehead atoms. The molecule has 2 aromatic carbocycles. The van der Waals surface area contributed by atoms with Crippen LogP contribution < -0.4 is 14.8 Å². The van der Waals surface area contributed by atoms with Crippen molar-refractivity contribution >= 4 is 11.7 Å². The van der Waals surface area contributed by atoms with Gasteiger partial charge in [0.25, 0.3) is 0 Å². The Kier molecular flexibility index (Phi) is 5.19. The number of carbonyl (C=O) groups is 1. The van der Waals surface area contributed by atoms with E-state index in [1.54, 1.807) is 7.11 Å². The molecule has 3 aromatic rings. The van der Waals surface area contributed by atoms with Crippen molar-refractivity contribution in [2.24, 2.45) is 5.41 Å². The van der Waals surface area contributed by atoms with Crippen LogP contribution in [-0.4, -0.2) is 34.3 Å². The van der Waals surface area contributed by atoms with E-state index in [0.29, 0.717) is 24.8 Å². The van der Waals surface area contributed by atoms with Crippen LogP contribution >= 0.6 is 0 Å². The van der Waals surface area contributed by atoms with Crippen molar-refractivity contribution in [1.29, 1.82) is 0 Å². The van der Waals surface area contributed by atoms with Gasteiger partial charge < -0.3 is 14.8 Å². The summed E-state index contributed by atoms with van der Waals surface area (Å²) in [5.74, 6) is 2.88. The van der Waals surface area contributed by atoms with E-state index in [-0.39, 0.29) is 11.2 Å². The Bertz CT molecular complexity index is 1240. The number of ether oxygens (including phenoxy) is 2. The summed E-state index contributed by atoms with van der Waals surface area (Å²) in [6.45, 7) is 6.75. The molecule has 0 radical (unpaired) electrons. The topological polar surface area (TPSA) is 78.3 Å². The normalized spacial score (nSPS) is 18.9. The maximum absolute atomic E-state index is 13.4. The molecule has 0 spiro atoms. The molecular weight excluding hydrogens is 416 g/mol. The van der Waals surface area contributed by atoms with Gasteiger partial charge in [-0.3, -0.25) is 4.79 Å². The van der Waals surface area contributed by atoms with Gasteiger partial charge in [-0.25, -0.2) is 4.68 Å². The maximum atomic E-state index is 13.4. The zero-order valence-corrected chi connectivity index (χ0v) is 19.4. The van der Waals surface area contributed by atoms with Crippen molar-refractivity contribution in [3.05, 3.63) is 65.4 Å². The summed E-state index contributed by atoms with van der Waals surface area (Å²) < 4.78 is 13.1. The van der Waals surface area contributed by atoms with Gasteiger partial charge in [0.15, 0.2) is 11.6 Å². The van der Waals surface area contributed by atoms with E-state index in [4.69, 9.17) is 19.6 Å². The molecule has 1 aromatic heterocycles. The minimum atomic E-state index is -0.401. The highest BCUT2D eigenvalue weighted by Crippen LogP contribution is 2.47. The average Bonchev–Trinajstić information content (AvgIpc) is 3.21. The van der Waals surface area contributed by atoms with Gasteiger partial charge in [0.05, 0.1) is 13.7 Å². The van der Waals surface area contributed by atoms with Gasteiger partial charge in [-0.1, -0.05) is 32.0 Å². The van der Waals surface area contributed by atoms with E-state index in [1.165, 1.54) is 0 Å². The van der Waals surface area contributed by atoms with Crippen LogP contribution in [0.4, 0.5) is 5.95 Å². The number of fused-ring (bicyclic) bond motifs is 1. The molecule has 170 valence electrons. The molecule has 1 unspecified atom stereocenters. The first kappa shape index (κ1) is 21.2. The molecule has 0 saturated heterocycles. The minimum absolute atomic E-state index is 0.117. The lowest BCUT2D eigenvalue weighted by Gasteiger charge is -2.38. The number of hydrogen-bond acceptors (Lipinski definition) is 6. The largest absolute Gasteiger partial charge is 0.497 e. The van der Waals surface area contributed by atoms with Crippen LogP contribution in [0.2, 0.25) is 0 Å². The lowest BCUT2D eigenvalue weighted by Crippen LogP contribution is -2.36. The number of anilines is 1. The van der Waals surface area contributed by atoms with Gasteiger partial charge in [0.2, 0.25) is 5.95 Å². The number of benzene rings is 2. The van der Waals surface area contributed by atoms with E-state index in [1.807, 2.05) is 60.1 Å². The van der Waals surface area contributed by atoms with Crippen molar-refractivity contribution in [3.8, 4) is 22.9 Å². The summed E-state index contributed by atoms with van der Waals surface area (Å²) in [6, 6.07) is 15.1. The number of nitrogens with one attached hydrogen (secondary N) is 1. The van der Waals surface area contributed by atoms with Crippen LogP contribution in [0.25, 0.3) is 11.4 Å². The number of methoxy groups -OCH3 is 1. The highest BCUT2D eigenvalue weighted by Gasteiger charge is 2.42. The lowest BCUT2D eigenvalue weighted by atomic mass is 9.73. The highest BCUT2D eigenvalue weighted by molar-refractivity contribution is 6.00. The third-order valence-electron chi connectivity index (χ3n) is 6.19. The predicted octanol–water partition coefficient (Wildman–Crippen LogP) is 5.01. The summed E-state index contributed by atoms with van der Waals surface area (Å²) in [7, 11) is 1.64. The molecule has 1 N–H and O–H groups in total. The van der Waals surface area contributed by atoms with Gasteiger partial charge in [-0.15, -0.1) is 5.10 Å². The molecule has 5 rings (SSSR count). The van der Waals surface area contributed by atoms with Crippen LogP contribution in [-0.2, 0) is 4.79 Å². The van der Waals surface area contributed by atoms with Gasteiger partial charge in [-0.2, -0.15) is 4.98 Å². The number of aromatic nitrogens is 3. The number of ketones is 1. The van der Waals surface area contributed by atoms with Crippen LogP contribution in [0.3, 0.4) is 0 Å². The number of Topliss-reactive ketones (excluding diaryl/α,β-unsaturated/α-hetero) is 1. The Balaban J connectivity index is 1.67. The van der Waals surface area contributed by atoms with Crippen molar-refractivity contribution in [1.82, 2.24) is 14.8 Å². The Morgan fingerprint density at radius 2 is 1.88 bits per heavy atom. The fourth-order valence-electron chi connectivity index (χ4n) is 4.75. The summed E-state index contributed by atoms with van der Waals surface area (Å²) in [6.07, 6.45) is 1.27. The Morgan fingerprint density at radius 1 is 1.12 bits per heavy atom. The van der Waals surface area contributed by atoms with Gasteiger partial charge in [-0.05, 0) is 49.1 Å². The molecule has 0 amide bonds. The first-order valence-electron chi connectivity index (χ1n) is 11.3. The Morgan fingerprint density at radius 3 is 2.61 bits per heavy atom. The number of allylic oxidation sites excluding steroid dienone is 2. The van der Waals surface area contributed by atoms with Gasteiger partial charge >= 0.3 is 0 Å². The zero-order valence-electron chi connectivity index (χ0n) is 19.4. The maximum Gasteiger partial charge on any atom is 0.226 e. The third kappa shape index (κ3) is 3.77. The summed E-state index contributed by atoms with van der Waals surface area (Å²) in [4.78, 5) is 18.2. The second kappa shape index (κ2) is 8.06. The summed E-state index contributed by atoms with van der Waals surface area (Å²) in [5.41, 5.74) is 3.34. The fourth-order valence-corrected chi connectivity index (χ4v) is 4.75. The SMILES string of the molecule is CCOc1ccccc1C1C2=C(CC(C)(C)CC2=O)Nc2nc(-c3ccc(OC)cc3)nn21. The highest BCUT2D eigenvalue weighted by atomic mass is 16.5. The van der Waals surface area contributed by atoms with Crippen molar-refractivity contribution < 1.29 is 14.3 Å². The van der Waals surface area contributed by atoms with Crippen molar-refractivity contribution in [2.75, 3.05) is 19.0 Å². The molecule has 33 heavy (non-hydrogen) atoms. The molecule has 2 aliphatic rings. The number of para-hydroxylation sites is 1. The van der Waals surface area contributed by atoms with E-state index >= 15 is 0 Å². The first-order valence-corrected chi connectivity index (χ1v) is 11.3. The second-order valence-electron chi connectivity index (χ2n) is 9.26. The molecule has 1 aliphatic heterocycles. The summed E-state index contributed by atoms with van der Waals surface area (Å²) in [5, 5.41) is 8.29. The van der Waals surface area contributed by atoms with Crippen molar-refractivity contribution in [3.63, 3.8) is 0 Å². The number of rotatable bonds is 5. The average molecular weight is 445 g/mol. The van der Waals surface area contributed by atoms with Crippen LogP contribution in [0.1, 0.15) is 45.2 Å². The monoisotopic (exact) mass is 444 g/mol. The molecule has 7 nitrogen and oxygen atoms in total. The second-order valence-corrected chi connectivity index (χ2v) is 9.26. The number of nitrogens with zero attached hydrogens (tertiary/aromatic N) is 3. The Labute approximate surface area is 193 Å². The molecule has 2 heterocycles. The van der Waals surface area contributed by atoms with Crippen LogP contribution in [0.15, 0.2) is 59.8 Å². The fraction of sp³-hybridized carbons (Fsp3) is 0.346. The van der Waals surface area contributed by atoms with Gasteiger partial charge in [0.1, 0.15) is 17.5 Å². The number of hydrogen-bond donors (Lipinski definition) is 1. The molecule has 1 aliphatic carbocycles. The van der Waals surface area contributed by atoms with E-state index in [0.717, 1.165) is 40.3 Å². The molecule has 1 atom stereocenters. The van der Waals surface area contributed by atoms with E-state index in [9.17, 15) is 4.79 Å². The molecular formula is C26H28N4O3. The van der Waals surface area contributed by atoms with Gasteiger partial charge in [0, 0.05) is 28.8 Å². The zero-order chi connectivity index (χ0) is 23.2. The number of carbonyl (C=O) groups excluding carboxylic acids is 1. The van der Waals surface area contributed by atoms with E-state index in [2.05, 4.69) is 19.2 Å². The van der Waals surface area contributed by atoms with Crippen LogP contribution in [0, 0.1) is 5.41 Å². The first-order chi connectivity index (χ1) is 15.9. The molecule has 0 saturated carbocycles. The van der Waals surface area contributed by atoms with Crippen LogP contribution in [0.5, 0.6) is 11.5 Å². The molecule has 0 fully saturated rings. The van der Waals surface area contributed by atoms with E-state index < -0.39 is 6.04 Å².